The van der Waals surface area contributed by atoms with Crippen molar-refractivity contribution >= 4 is 23.3 Å². The molecule has 0 saturated carbocycles. The van der Waals surface area contributed by atoms with Crippen LogP contribution in [0, 0.1) is 5.82 Å². The van der Waals surface area contributed by atoms with Gasteiger partial charge in [-0.15, -0.1) is 0 Å². The van der Waals surface area contributed by atoms with Gasteiger partial charge in [-0.2, -0.15) is 0 Å². The van der Waals surface area contributed by atoms with Gasteiger partial charge in [0.05, 0.1) is 18.3 Å². The first-order chi connectivity index (χ1) is 12.6. The Morgan fingerprint density at radius 2 is 1.96 bits per heavy atom. The summed E-state index contributed by atoms with van der Waals surface area (Å²) in [4.78, 5) is 25.9. The van der Waals surface area contributed by atoms with Crippen molar-refractivity contribution in [3.05, 3.63) is 54.3 Å². The molecule has 0 aromatic heterocycles. The van der Waals surface area contributed by atoms with Crippen molar-refractivity contribution in [2.45, 2.75) is 19.4 Å². The van der Waals surface area contributed by atoms with E-state index in [1.54, 1.807) is 29.2 Å². The van der Waals surface area contributed by atoms with Crippen molar-refractivity contribution in [3.8, 4) is 5.75 Å². The maximum atomic E-state index is 13.6. The predicted octanol–water partition coefficient (Wildman–Crippen LogP) is 3.15. The summed E-state index contributed by atoms with van der Waals surface area (Å²) in [6, 6.07) is 12.3. The zero-order valence-corrected chi connectivity index (χ0v) is 14.4. The lowest BCUT2D eigenvalue weighted by molar-refractivity contribution is -0.117. The van der Waals surface area contributed by atoms with Gasteiger partial charge in [0.2, 0.25) is 5.91 Å². The van der Waals surface area contributed by atoms with E-state index in [0.717, 1.165) is 11.4 Å². The molecular weight excluding hydrogens is 337 g/mol. The summed E-state index contributed by atoms with van der Waals surface area (Å²) >= 11 is 0. The molecule has 0 radical (unpaired) electrons. The molecule has 6 nitrogen and oxygen atoms in total. The number of carbonyl (C=O) groups is 2. The van der Waals surface area contributed by atoms with Gasteiger partial charge in [0.25, 0.3) is 0 Å². The molecule has 1 saturated heterocycles. The van der Waals surface area contributed by atoms with Gasteiger partial charge in [-0.25, -0.2) is 9.18 Å². The fraction of sp³-hybridized carbons (Fsp3) is 0.263. The summed E-state index contributed by atoms with van der Waals surface area (Å²) in [5.41, 5.74) is 0.843. The minimum Gasteiger partial charge on any atom is -0.494 e. The number of benzene rings is 2. The second-order valence-corrected chi connectivity index (χ2v) is 5.91. The van der Waals surface area contributed by atoms with Crippen LogP contribution in [0.2, 0.25) is 0 Å². The number of para-hydroxylation sites is 1. The Balaban J connectivity index is 1.59. The van der Waals surface area contributed by atoms with Crippen LogP contribution in [0.5, 0.6) is 5.75 Å². The quantitative estimate of drug-likeness (QED) is 0.864. The van der Waals surface area contributed by atoms with E-state index in [2.05, 4.69) is 10.6 Å². The van der Waals surface area contributed by atoms with Crippen molar-refractivity contribution in [1.29, 1.82) is 0 Å². The Kier molecular flexibility index (Phi) is 5.36. The van der Waals surface area contributed by atoms with Gasteiger partial charge >= 0.3 is 6.03 Å². The number of ether oxygens (including phenoxy) is 1. The number of nitrogens with zero attached hydrogens (tertiary/aromatic N) is 1. The number of urea groups is 1. The SMILES string of the molecule is CCOc1ccc(N2CC(NC(=O)Nc3ccccc3F)CC2=O)cc1. The molecule has 3 rings (SSSR count). The van der Waals surface area contributed by atoms with E-state index in [-0.39, 0.29) is 24.1 Å². The highest BCUT2D eigenvalue weighted by Gasteiger charge is 2.31. The third-order valence-corrected chi connectivity index (χ3v) is 4.04. The third kappa shape index (κ3) is 4.11. The summed E-state index contributed by atoms with van der Waals surface area (Å²) in [5.74, 6) is 0.147. The van der Waals surface area contributed by atoms with E-state index in [1.165, 1.54) is 12.1 Å². The van der Waals surface area contributed by atoms with E-state index >= 15 is 0 Å². The number of anilines is 2. The van der Waals surface area contributed by atoms with Crippen LogP contribution < -0.4 is 20.3 Å². The molecule has 1 aliphatic rings. The van der Waals surface area contributed by atoms with E-state index in [0.29, 0.717) is 13.2 Å². The van der Waals surface area contributed by atoms with Crippen LogP contribution in [0.4, 0.5) is 20.6 Å². The molecule has 0 bridgehead atoms. The van der Waals surface area contributed by atoms with Gasteiger partial charge in [0.1, 0.15) is 11.6 Å². The van der Waals surface area contributed by atoms with Crippen LogP contribution in [0.3, 0.4) is 0 Å². The molecule has 26 heavy (non-hydrogen) atoms. The molecule has 1 fully saturated rings. The first kappa shape index (κ1) is 17.7. The summed E-state index contributed by atoms with van der Waals surface area (Å²) in [6.07, 6.45) is 0.192. The van der Waals surface area contributed by atoms with Gasteiger partial charge in [-0.05, 0) is 43.3 Å². The first-order valence-electron chi connectivity index (χ1n) is 8.42. The third-order valence-electron chi connectivity index (χ3n) is 4.04. The van der Waals surface area contributed by atoms with Crippen LogP contribution in [0.25, 0.3) is 0 Å². The number of halogens is 1. The number of carbonyl (C=O) groups excluding carboxylic acids is 2. The van der Waals surface area contributed by atoms with Crippen LogP contribution in [-0.2, 0) is 4.79 Å². The van der Waals surface area contributed by atoms with Gasteiger partial charge in [-0.3, -0.25) is 4.79 Å². The maximum absolute atomic E-state index is 13.6. The van der Waals surface area contributed by atoms with Crippen molar-refractivity contribution in [1.82, 2.24) is 5.32 Å². The van der Waals surface area contributed by atoms with Crippen LogP contribution in [-0.4, -0.2) is 31.1 Å². The lowest BCUT2D eigenvalue weighted by atomic mass is 10.2. The minimum absolute atomic E-state index is 0.0784. The van der Waals surface area contributed by atoms with E-state index < -0.39 is 11.8 Å². The highest BCUT2D eigenvalue weighted by Crippen LogP contribution is 2.24. The first-order valence-corrected chi connectivity index (χ1v) is 8.42. The molecule has 0 aliphatic carbocycles. The Morgan fingerprint density at radius 1 is 1.23 bits per heavy atom. The Morgan fingerprint density at radius 3 is 2.65 bits per heavy atom. The molecule has 136 valence electrons. The lowest BCUT2D eigenvalue weighted by Gasteiger charge is -2.18. The Labute approximate surface area is 150 Å². The van der Waals surface area contributed by atoms with E-state index in [4.69, 9.17) is 4.74 Å². The van der Waals surface area contributed by atoms with Crippen molar-refractivity contribution < 1.29 is 18.7 Å². The maximum Gasteiger partial charge on any atom is 0.319 e. The molecule has 1 unspecified atom stereocenters. The molecule has 7 heteroatoms. The average molecular weight is 357 g/mol. The molecule has 2 N–H and O–H groups in total. The number of hydrogen-bond donors (Lipinski definition) is 2. The molecular formula is C19H20FN3O3. The van der Waals surface area contributed by atoms with Crippen LogP contribution in [0.15, 0.2) is 48.5 Å². The molecule has 3 amide bonds. The lowest BCUT2D eigenvalue weighted by Crippen LogP contribution is -2.39. The zero-order valence-electron chi connectivity index (χ0n) is 14.4. The Hall–Kier alpha value is -3.09. The molecule has 1 heterocycles. The Bertz CT molecular complexity index is 795. The van der Waals surface area contributed by atoms with Crippen molar-refractivity contribution in [3.63, 3.8) is 0 Å². The molecule has 0 spiro atoms. The molecule has 1 atom stereocenters. The predicted molar refractivity (Wildman–Crippen MR) is 96.9 cm³/mol. The zero-order chi connectivity index (χ0) is 18.5. The van der Waals surface area contributed by atoms with Gasteiger partial charge in [0.15, 0.2) is 0 Å². The highest BCUT2D eigenvalue weighted by atomic mass is 19.1. The normalized spacial score (nSPS) is 16.5. The molecule has 1 aliphatic heterocycles. The number of nitrogens with one attached hydrogen (secondary N) is 2. The number of amides is 3. The summed E-state index contributed by atoms with van der Waals surface area (Å²) in [5, 5.41) is 5.17. The van der Waals surface area contributed by atoms with Crippen molar-refractivity contribution in [2.75, 3.05) is 23.4 Å². The second kappa shape index (κ2) is 7.86. The smallest absolute Gasteiger partial charge is 0.319 e. The minimum atomic E-state index is -0.540. The average Bonchev–Trinajstić information content (AvgIpc) is 2.98. The summed E-state index contributed by atoms with van der Waals surface area (Å²) < 4.78 is 19.0. The fourth-order valence-corrected chi connectivity index (χ4v) is 2.85. The topological polar surface area (TPSA) is 70.7 Å². The monoisotopic (exact) mass is 357 g/mol. The van der Waals surface area contributed by atoms with Gasteiger partial charge in [-0.1, -0.05) is 12.1 Å². The van der Waals surface area contributed by atoms with E-state index in [1.807, 2.05) is 19.1 Å². The van der Waals surface area contributed by atoms with E-state index in [9.17, 15) is 14.0 Å². The largest absolute Gasteiger partial charge is 0.494 e. The standard InChI is InChI=1S/C19H20FN3O3/c1-2-26-15-9-7-14(8-10-15)23-12-13(11-18(23)24)21-19(25)22-17-6-4-3-5-16(17)20/h3-10,13H,2,11-12H2,1H3,(H2,21,22,25). The number of hydrogen-bond acceptors (Lipinski definition) is 3. The van der Waals surface area contributed by atoms with Gasteiger partial charge in [0, 0.05) is 18.7 Å². The highest BCUT2D eigenvalue weighted by molar-refractivity contribution is 5.97. The fourth-order valence-electron chi connectivity index (χ4n) is 2.85. The molecule has 2 aromatic carbocycles. The second-order valence-electron chi connectivity index (χ2n) is 5.91. The van der Waals surface area contributed by atoms with Crippen molar-refractivity contribution in [2.24, 2.45) is 0 Å². The van der Waals surface area contributed by atoms with Gasteiger partial charge < -0.3 is 20.3 Å². The van der Waals surface area contributed by atoms with Crippen LogP contribution in [0.1, 0.15) is 13.3 Å². The van der Waals surface area contributed by atoms with Crippen LogP contribution >= 0.6 is 0 Å². The summed E-state index contributed by atoms with van der Waals surface area (Å²) in [7, 11) is 0. The number of rotatable bonds is 5. The summed E-state index contributed by atoms with van der Waals surface area (Å²) in [6.45, 7) is 2.84. The molecule has 2 aromatic rings.